The number of guanidine groups is 1. The lowest BCUT2D eigenvalue weighted by molar-refractivity contribution is -0.123. The number of hydrogen-bond donors (Lipinski definition) is 2. The van der Waals surface area contributed by atoms with Crippen molar-refractivity contribution in [3.05, 3.63) is 29.8 Å². The Balaban J connectivity index is 0.00000243. The summed E-state index contributed by atoms with van der Waals surface area (Å²) in [5.74, 6) is 1.23. The molecule has 1 amide bonds. The van der Waals surface area contributed by atoms with Crippen LogP contribution in [-0.2, 0) is 16.0 Å². The number of nitrogens with zero attached hydrogens (tertiary/aromatic N) is 2. The number of morpholine rings is 1. The molecule has 1 saturated carbocycles. The Morgan fingerprint density at radius 2 is 1.96 bits per heavy atom. The Bertz CT molecular complexity index is 599. The number of carbonyl (C=O) groups is 1. The summed E-state index contributed by atoms with van der Waals surface area (Å²) < 4.78 is 10.8. The van der Waals surface area contributed by atoms with Crippen LogP contribution in [0.4, 0.5) is 0 Å². The van der Waals surface area contributed by atoms with Crippen molar-refractivity contribution >= 4 is 35.8 Å². The second-order valence-corrected chi connectivity index (χ2v) is 6.36. The fraction of sp³-hybridized carbons (Fsp3) is 0.556. The van der Waals surface area contributed by atoms with Crippen LogP contribution in [0, 0.1) is 0 Å². The monoisotopic (exact) mass is 474 g/mol. The van der Waals surface area contributed by atoms with Crippen LogP contribution in [0.1, 0.15) is 18.4 Å². The average Bonchev–Trinajstić information content (AvgIpc) is 3.45. The van der Waals surface area contributed by atoms with Gasteiger partial charge in [0.1, 0.15) is 5.75 Å². The van der Waals surface area contributed by atoms with Crippen LogP contribution in [0.5, 0.6) is 5.75 Å². The molecular formula is C18H27IN4O3. The van der Waals surface area contributed by atoms with Gasteiger partial charge >= 0.3 is 0 Å². The number of ether oxygens (including phenoxy) is 2. The summed E-state index contributed by atoms with van der Waals surface area (Å²) in [6.07, 6.45) is 2.98. The Morgan fingerprint density at radius 1 is 1.27 bits per heavy atom. The maximum absolute atomic E-state index is 11.6. The van der Waals surface area contributed by atoms with E-state index in [9.17, 15) is 4.79 Å². The Morgan fingerprint density at radius 3 is 2.62 bits per heavy atom. The standard InChI is InChI=1S/C18H26N4O3.HI/c19-18(22-9-11-24-12-10-22)20-8-7-14-1-5-16(6-2-14)25-13-17(23)21-15-3-4-15;/h1-2,5-6,15H,3-4,7-13H2,(H2,19,20)(H,21,23);1H. The molecule has 0 unspecified atom stereocenters. The molecule has 0 radical (unpaired) electrons. The van der Waals surface area contributed by atoms with Crippen LogP contribution in [-0.4, -0.2) is 62.3 Å². The van der Waals surface area contributed by atoms with E-state index < -0.39 is 0 Å². The van der Waals surface area contributed by atoms with Crippen molar-refractivity contribution in [2.24, 2.45) is 10.7 Å². The summed E-state index contributed by atoms with van der Waals surface area (Å²) >= 11 is 0. The van der Waals surface area contributed by atoms with Crippen LogP contribution in [0.2, 0.25) is 0 Å². The summed E-state index contributed by atoms with van der Waals surface area (Å²) in [7, 11) is 0. The van der Waals surface area contributed by atoms with Crippen molar-refractivity contribution in [3.63, 3.8) is 0 Å². The molecule has 1 aliphatic carbocycles. The normalized spacial score (nSPS) is 17.4. The molecule has 0 spiro atoms. The zero-order valence-corrected chi connectivity index (χ0v) is 17.2. The van der Waals surface area contributed by atoms with E-state index in [0.717, 1.165) is 37.9 Å². The highest BCUT2D eigenvalue weighted by molar-refractivity contribution is 14.0. The third kappa shape index (κ3) is 6.99. The lowest BCUT2D eigenvalue weighted by Gasteiger charge is -2.27. The van der Waals surface area contributed by atoms with Gasteiger partial charge in [0.25, 0.3) is 5.91 Å². The zero-order valence-electron chi connectivity index (χ0n) is 14.9. The molecule has 2 aliphatic rings. The van der Waals surface area contributed by atoms with Crippen LogP contribution in [0.15, 0.2) is 29.3 Å². The maximum Gasteiger partial charge on any atom is 0.258 e. The molecule has 26 heavy (non-hydrogen) atoms. The number of benzene rings is 1. The summed E-state index contributed by atoms with van der Waals surface area (Å²) in [6, 6.07) is 8.12. The van der Waals surface area contributed by atoms with Gasteiger partial charge in [-0.05, 0) is 37.0 Å². The lowest BCUT2D eigenvalue weighted by Crippen LogP contribution is -2.44. The van der Waals surface area contributed by atoms with Gasteiger partial charge in [-0.3, -0.25) is 9.79 Å². The number of nitrogens with two attached hydrogens (primary N) is 1. The predicted octanol–water partition coefficient (Wildman–Crippen LogP) is 1.15. The van der Waals surface area contributed by atoms with E-state index in [1.54, 1.807) is 0 Å². The van der Waals surface area contributed by atoms with Crippen molar-refractivity contribution in [2.75, 3.05) is 39.5 Å². The SMILES string of the molecule is I.NC(=NCCc1ccc(OCC(=O)NC2CC2)cc1)N1CCOCC1. The lowest BCUT2D eigenvalue weighted by atomic mass is 10.1. The second-order valence-electron chi connectivity index (χ2n) is 6.36. The summed E-state index contributed by atoms with van der Waals surface area (Å²) in [5.41, 5.74) is 7.17. The number of carbonyl (C=O) groups excluding carboxylic acids is 1. The van der Waals surface area contributed by atoms with Gasteiger partial charge in [0.05, 0.1) is 13.2 Å². The molecule has 1 heterocycles. The van der Waals surface area contributed by atoms with Crippen LogP contribution < -0.4 is 15.8 Å². The summed E-state index contributed by atoms with van der Waals surface area (Å²) in [4.78, 5) is 18.1. The number of amides is 1. The number of aliphatic imine (C=N–C) groups is 1. The molecule has 144 valence electrons. The van der Waals surface area contributed by atoms with Gasteiger partial charge in [0, 0.05) is 25.7 Å². The fourth-order valence-corrected chi connectivity index (χ4v) is 2.59. The van der Waals surface area contributed by atoms with Gasteiger partial charge in [-0.1, -0.05) is 12.1 Å². The number of halogens is 1. The van der Waals surface area contributed by atoms with Crippen molar-refractivity contribution in [2.45, 2.75) is 25.3 Å². The first-order valence-electron chi connectivity index (χ1n) is 8.84. The van der Waals surface area contributed by atoms with E-state index in [0.29, 0.717) is 37.5 Å². The highest BCUT2D eigenvalue weighted by atomic mass is 127. The Kier molecular flexibility index (Phi) is 8.43. The molecule has 1 saturated heterocycles. The third-order valence-electron chi connectivity index (χ3n) is 4.25. The van der Waals surface area contributed by atoms with Crippen LogP contribution in [0.25, 0.3) is 0 Å². The Labute approximate surface area is 171 Å². The van der Waals surface area contributed by atoms with E-state index in [4.69, 9.17) is 15.2 Å². The molecule has 2 fully saturated rings. The fourth-order valence-electron chi connectivity index (χ4n) is 2.59. The zero-order chi connectivity index (χ0) is 17.5. The predicted molar refractivity (Wildman–Crippen MR) is 111 cm³/mol. The van der Waals surface area contributed by atoms with Crippen molar-refractivity contribution in [1.29, 1.82) is 0 Å². The first-order valence-corrected chi connectivity index (χ1v) is 8.84. The van der Waals surface area contributed by atoms with E-state index in [1.807, 2.05) is 29.2 Å². The van der Waals surface area contributed by atoms with E-state index in [1.165, 1.54) is 0 Å². The maximum atomic E-state index is 11.6. The summed E-state index contributed by atoms with van der Waals surface area (Å²) in [6.45, 7) is 3.72. The molecule has 3 N–H and O–H groups in total. The van der Waals surface area contributed by atoms with Gasteiger partial charge in [0.2, 0.25) is 0 Å². The minimum Gasteiger partial charge on any atom is -0.484 e. The van der Waals surface area contributed by atoms with Gasteiger partial charge in [-0.2, -0.15) is 0 Å². The van der Waals surface area contributed by atoms with Crippen molar-refractivity contribution < 1.29 is 14.3 Å². The first kappa shape index (κ1) is 20.8. The van der Waals surface area contributed by atoms with Crippen LogP contribution in [0.3, 0.4) is 0 Å². The molecule has 7 nitrogen and oxygen atoms in total. The first-order chi connectivity index (χ1) is 12.2. The van der Waals surface area contributed by atoms with Gasteiger partial charge in [-0.25, -0.2) is 0 Å². The van der Waals surface area contributed by atoms with Gasteiger partial charge in [-0.15, -0.1) is 24.0 Å². The molecular weight excluding hydrogens is 447 g/mol. The van der Waals surface area contributed by atoms with Gasteiger partial charge < -0.3 is 25.4 Å². The molecule has 0 aromatic heterocycles. The molecule has 3 rings (SSSR count). The molecule has 8 heteroatoms. The number of nitrogens with one attached hydrogen (secondary N) is 1. The third-order valence-corrected chi connectivity index (χ3v) is 4.25. The van der Waals surface area contributed by atoms with Crippen LogP contribution >= 0.6 is 24.0 Å². The Hall–Kier alpha value is -1.55. The molecule has 0 atom stereocenters. The largest absolute Gasteiger partial charge is 0.484 e. The van der Waals surface area contributed by atoms with Gasteiger partial charge in [0.15, 0.2) is 12.6 Å². The quantitative estimate of drug-likeness (QED) is 0.352. The van der Waals surface area contributed by atoms with Crippen molar-refractivity contribution in [3.8, 4) is 5.75 Å². The highest BCUT2D eigenvalue weighted by Crippen LogP contribution is 2.18. The second kappa shape index (κ2) is 10.6. The topological polar surface area (TPSA) is 89.2 Å². The molecule has 1 aliphatic heterocycles. The molecule has 1 aromatic rings. The number of hydrogen-bond acceptors (Lipinski definition) is 4. The minimum absolute atomic E-state index is 0. The average molecular weight is 474 g/mol. The molecule has 1 aromatic carbocycles. The minimum atomic E-state index is -0.0560. The highest BCUT2D eigenvalue weighted by Gasteiger charge is 2.23. The van der Waals surface area contributed by atoms with E-state index in [2.05, 4.69) is 10.3 Å². The van der Waals surface area contributed by atoms with E-state index in [-0.39, 0.29) is 36.5 Å². The number of rotatable bonds is 7. The molecule has 0 bridgehead atoms. The van der Waals surface area contributed by atoms with Crippen molar-refractivity contribution in [1.82, 2.24) is 10.2 Å². The smallest absolute Gasteiger partial charge is 0.258 e. The van der Waals surface area contributed by atoms with E-state index >= 15 is 0 Å². The summed E-state index contributed by atoms with van der Waals surface area (Å²) in [5, 5.41) is 2.90.